The monoisotopic (exact) mass is 464 g/mol. The number of rotatable bonds is 9. The molecule has 3 heterocycles. The van der Waals surface area contributed by atoms with E-state index in [1.807, 2.05) is 20.9 Å². The van der Waals surface area contributed by atoms with Gasteiger partial charge in [0.1, 0.15) is 11.6 Å². The third kappa shape index (κ3) is 5.63. The van der Waals surface area contributed by atoms with Gasteiger partial charge in [-0.05, 0) is 59.3 Å². The summed E-state index contributed by atoms with van der Waals surface area (Å²) in [6.45, 7) is 10.3. The quantitative estimate of drug-likeness (QED) is 0.492. The summed E-state index contributed by atoms with van der Waals surface area (Å²) in [5, 5.41) is 11.0. The topological polar surface area (TPSA) is 88.3 Å². The molecule has 182 valence electrons. The van der Waals surface area contributed by atoms with Gasteiger partial charge in [-0.1, -0.05) is 23.4 Å². The Balaban J connectivity index is 1.72. The Morgan fingerprint density at radius 2 is 1.91 bits per heavy atom. The molecule has 3 aromatic rings. The molecule has 0 unspecified atom stereocenters. The van der Waals surface area contributed by atoms with Gasteiger partial charge >= 0.3 is 0 Å². The fraction of sp³-hybridized carbons (Fsp3) is 0.500. The van der Waals surface area contributed by atoms with Crippen LogP contribution in [0, 0.1) is 20.8 Å². The summed E-state index contributed by atoms with van der Waals surface area (Å²) in [5.74, 6) is 2.33. The molecule has 2 N–H and O–H groups in total. The molecule has 1 fully saturated rings. The van der Waals surface area contributed by atoms with E-state index in [1.54, 1.807) is 0 Å². The van der Waals surface area contributed by atoms with Crippen molar-refractivity contribution >= 4 is 5.82 Å². The Kier molecular flexibility index (Phi) is 7.92. The maximum absolute atomic E-state index is 5.54. The highest BCUT2D eigenvalue weighted by Crippen LogP contribution is 2.33. The molecule has 0 radical (unpaired) electrons. The molecule has 8 nitrogen and oxygen atoms in total. The Morgan fingerprint density at radius 3 is 2.62 bits per heavy atom. The second kappa shape index (κ2) is 11.1. The molecule has 1 saturated heterocycles. The van der Waals surface area contributed by atoms with Crippen molar-refractivity contribution in [2.75, 3.05) is 45.7 Å². The Bertz CT molecular complexity index is 1090. The van der Waals surface area contributed by atoms with Crippen molar-refractivity contribution in [2.45, 2.75) is 46.2 Å². The summed E-state index contributed by atoms with van der Waals surface area (Å²) >= 11 is 0. The standard InChI is InChI=1S/C26H36N6O2/c1-17-24(23-18(2)31-34-19(23)3)29-26(30-25(17)28-22-9-13-33-14-10-22)21-8-6-7-20(15-21)16-32(5)12-11-27-4/h6-8,15,22,27H,9-14,16H2,1-5H3,(H,28,29,30). The van der Waals surface area contributed by atoms with Crippen LogP contribution in [-0.4, -0.2) is 66.5 Å². The average molecular weight is 465 g/mol. The van der Waals surface area contributed by atoms with Crippen molar-refractivity contribution in [3.8, 4) is 22.6 Å². The van der Waals surface area contributed by atoms with Gasteiger partial charge in [0, 0.05) is 50.0 Å². The highest BCUT2D eigenvalue weighted by atomic mass is 16.5. The van der Waals surface area contributed by atoms with E-state index in [2.05, 4.69) is 58.9 Å². The predicted molar refractivity (Wildman–Crippen MR) is 135 cm³/mol. The highest BCUT2D eigenvalue weighted by molar-refractivity contribution is 5.74. The first-order chi connectivity index (χ1) is 16.5. The fourth-order valence-corrected chi connectivity index (χ4v) is 4.39. The minimum absolute atomic E-state index is 0.333. The molecule has 1 aliphatic rings. The molecule has 8 heteroatoms. The largest absolute Gasteiger partial charge is 0.381 e. The number of nitrogens with one attached hydrogen (secondary N) is 2. The van der Waals surface area contributed by atoms with E-state index in [4.69, 9.17) is 19.2 Å². The summed E-state index contributed by atoms with van der Waals surface area (Å²) in [5.41, 5.74) is 5.89. The van der Waals surface area contributed by atoms with Crippen LogP contribution in [0.1, 0.15) is 35.4 Å². The summed E-state index contributed by atoms with van der Waals surface area (Å²) in [6, 6.07) is 8.85. The van der Waals surface area contributed by atoms with Gasteiger partial charge in [0.25, 0.3) is 0 Å². The van der Waals surface area contributed by atoms with Gasteiger partial charge in [0.2, 0.25) is 0 Å². The zero-order chi connectivity index (χ0) is 24.1. The van der Waals surface area contributed by atoms with Crippen molar-refractivity contribution in [3.05, 3.63) is 46.8 Å². The van der Waals surface area contributed by atoms with Crippen molar-refractivity contribution in [3.63, 3.8) is 0 Å². The number of nitrogens with zero attached hydrogens (tertiary/aromatic N) is 4. The van der Waals surface area contributed by atoms with E-state index < -0.39 is 0 Å². The summed E-state index contributed by atoms with van der Waals surface area (Å²) in [4.78, 5) is 12.3. The number of benzene rings is 1. The van der Waals surface area contributed by atoms with Crippen LogP contribution in [0.5, 0.6) is 0 Å². The first kappa shape index (κ1) is 24.3. The minimum atomic E-state index is 0.333. The number of likely N-dealkylation sites (N-methyl/N-ethyl adjacent to an activating group) is 2. The van der Waals surface area contributed by atoms with Crippen LogP contribution in [0.3, 0.4) is 0 Å². The minimum Gasteiger partial charge on any atom is -0.381 e. The molecule has 0 bridgehead atoms. The highest BCUT2D eigenvalue weighted by Gasteiger charge is 2.22. The van der Waals surface area contributed by atoms with Crippen LogP contribution < -0.4 is 10.6 Å². The third-order valence-electron chi connectivity index (χ3n) is 6.36. The average Bonchev–Trinajstić information content (AvgIpc) is 3.17. The predicted octanol–water partition coefficient (Wildman–Crippen LogP) is 3.97. The molecule has 0 aliphatic carbocycles. The second-order valence-electron chi connectivity index (χ2n) is 9.14. The molecule has 0 atom stereocenters. The van der Waals surface area contributed by atoms with Gasteiger partial charge in [-0.25, -0.2) is 9.97 Å². The summed E-state index contributed by atoms with van der Waals surface area (Å²) in [6.07, 6.45) is 1.93. The maximum atomic E-state index is 5.54. The van der Waals surface area contributed by atoms with Gasteiger partial charge in [-0.15, -0.1) is 0 Å². The number of ether oxygens (including phenoxy) is 1. The van der Waals surface area contributed by atoms with Gasteiger partial charge < -0.3 is 24.8 Å². The number of hydrogen-bond acceptors (Lipinski definition) is 8. The zero-order valence-electron chi connectivity index (χ0n) is 20.9. The molecule has 34 heavy (non-hydrogen) atoms. The van der Waals surface area contributed by atoms with Gasteiger partial charge in [0.15, 0.2) is 5.82 Å². The lowest BCUT2D eigenvalue weighted by atomic mass is 10.0. The van der Waals surface area contributed by atoms with Crippen LogP contribution in [-0.2, 0) is 11.3 Å². The number of hydrogen-bond donors (Lipinski definition) is 2. The number of anilines is 1. The Morgan fingerprint density at radius 1 is 1.12 bits per heavy atom. The lowest BCUT2D eigenvalue weighted by Gasteiger charge is -2.25. The van der Waals surface area contributed by atoms with E-state index >= 15 is 0 Å². The van der Waals surface area contributed by atoms with Crippen LogP contribution in [0.4, 0.5) is 5.82 Å². The first-order valence-corrected chi connectivity index (χ1v) is 12.0. The zero-order valence-corrected chi connectivity index (χ0v) is 20.9. The first-order valence-electron chi connectivity index (χ1n) is 12.0. The second-order valence-corrected chi connectivity index (χ2v) is 9.14. The van der Waals surface area contributed by atoms with Crippen LogP contribution >= 0.6 is 0 Å². The summed E-state index contributed by atoms with van der Waals surface area (Å²) < 4.78 is 11.0. The van der Waals surface area contributed by atoms with Gasteiger partial charge in [-0.3, -0.25) is 0 Å². The van der Waals surface area contributed by atoms with Crippen molar-refractivity contribution in [2.24, 2.45) is 0 Å². The molecule has 0 spiro atoms. The number of aryl methyl sites for hydroxylation is 2. The Hall–Kier alpha value is -2.81. The molecular weight excluding hydrogens is 428 g/mol. The van der Waals surface area contributed by atoms with E-state index in [9.17, 15) is 0 Å². The smallest absolute Gasteiger partial charge is 0.162 e. The molecular formula is C26H36N6O2. The van der Waals surface area contributed by atoms with Crippen LogP contribution in [0.2, 0.25) is 0 Å². The third-order valence-corrected chi connectivity index (χ3v) is 6.36. The molecule has 0 saturated carbocycles. The number of aromatic nitrogens is 3. The van der Waals surface area contributed by atoms with Gasteiger partial charge in [0.05, 0.1) is 17.0 Å². The SMILES string of the molecule is CNCCN(C)Cc1cccc(-c2nc(NC3CCOCC3)c(C)c(-c3c(C)noc3C)n2)c1. The van der Waals surface area contributed by atoms with Crippen LogP contribution in [0.15, 0.2) is 28.8 Å². The van der Waals surface area contributed by atoms with E-state index in [-0.39, 0.29) is 0 Å². The molecule has 0 amide bonds. The van der Waals surface area contributed by atoms with E-state index in [0.29, 0.717) is 11.9 Å². The molecule has 1 aromatic carbocycles. The summed E-state index contributed by atoms with van der Waals surface area (Å²) in [7, 11) is 4.11. The van der Waals surface area contributed by atoms with E-state index in [1.165, 1.54) is 5.56 Å². The molecule has 1 aliphatic heterocycles. The lowest BCUT2D eigenvalue weighted by molar-refractivity contribution is 0.0904. The van der Waals surface area contributed by atoms with Crippen molar-refractivity contribution < 1.29 is 9.26 Å². The molecule has 4 rings (SSSR count). The van der Waals surface area contributed by atoms with Gasteiger partial charge in [-0.2, -0.15) is 0 Å². The fourth-order valence-electron chi connectivity index (χ4n) is 4.39. The van der Waals surface area contributed by atoms with Crippen molar-refractivity contribution in [1.29, 1.82) is 0 Å². The molecule has 2 aromatic heterocycles. The van der Waals surface area contributed by atoms with Crippen LogP contribution in [0.25, 0.3) is 22.6 Å². The normalized spacial score (nSPS) is 14.6. The maximum Gasteiger partial charge on any atom is 0.162 e. The van der Waals surface area contributed by atoms with Crippen molar-refractivity contribution in [1.82, 2.24) is 25.3 Å². The lowest BCUT2D eigenvalue weighted by Crippen LogP contribution is -2.28. The Labute approximate surface area is 202 Å². The van der Waals surface area contributed by atoms with E-state index in [0.717, 1.165) is 85.3 Å².